The quantitative estimate of drug-likeness (QED) is 0.922. The van der Waals surface area contributed by atoms with E-state index in [0.717, 1.165) is 23.4 Å². The van der Waals surface area contributed by atoms with Gasteiger partial charge >= 0.3 is 12.1 Å². The van der Waals surface area contributed by atoms with Gasteiger partial charge in [-0.3, -0.25) is 9.48 Å². The molecule has 23 heavy (non-hydrogen) atoms. The van der Waals surface area contributed by atoms with Gasteiger partial charge in [-0.15, -0.1) is 0 Å². The van der Waals surface area contributed by atoms with Crippen LogP contribution in [0.3, 0.4) is 0 Å². The number of ether oxygens (including phenoxy) is 1. The molecule has 1 saturated heterocycles. The van der Waals surface area contributed by atoms with Crippen molar-refractivity contribution in [3.05, 3.63) is 17.0 Å². The highest BCUT2D eigenvalue weighted by Gasteiger charge is 2.32. The molecule has 1 aliphatic heterocycles. The maximum absolute atomic E-state index is 12.1. The minimum Gasteiger partial charge on any atom is -0.481 e. The average Bonchev–Trinajstić information content (AvgIpc) is 2.97. The van der Waals surface area contributed by atoms with Crippen LogP contribution in [-0.4, -0.2) is 50.5 Å². The molecule has 1 fully saturated rings. The van der Waals surface area contributed by atoms with Crippen molar-refractivity contribution in [2.75, 3.05) is 13.1 Å². The molecule has 128 valence electrons. The first-order chi connectivity index (χ1) is 10.6. The van der Waals surface area contributed by atoms with Gasteiger partial charge in [0.05, 0.1) is 18.2 Å². The lowest BCUT2D eigenvalue weighted by Gasteiger charge is -2.24. The van der Waals surface area contributed by atoms with E-state index in [4.69, 9.17) is 9.84 Å². The molecule has 1 unspecified atom stereocenters. The number of aryl methyl sites for hydroxylation is 1. The number of aliphatic carboxylic acids is 1. The van der Waals surface area contributed by atoms with Gasteiger partial charge in [-0.05, 0) is 41.0 Å². The number of hydrogen-bond acceptors (Lipinski definition) is 4. The molecule has 0 bridgehead atoms. The predicted molar refractivity (Wildman–Crippen MR) is 84.5 cm³/mol. The van der Waals surface area contributed by atoms with E-state index < -0.39 is 11.6 Å². The minimum atomic E-state index is -0.863. The Hall–Kier alpha value is -2.05. The Kier molecular flexibility index (Phi) is 4.68. The van der Waals surface area contributed by atoms with Crippen LogP contribution < -0.4 is 0 Å². The Morgan fingerprint density at radius 2 is 2.00 bits per heavy atom. The third-order valence-corrected chi connectivity index (χ3v) is 3.96. The average molecular weight is 323 g/mol. The smallest absolute Gasteiger partial charge is 0.410 e. The van der Waals surface area contributed by atoms with Crippen molar-refractivity contribution in [2.45, 2.75) is 59.1 Å². The predicted octanol–water partition coefficient (Wildman–Crippen LogP) is 2.31. The summed E-state index contributed by atoms with van der Waals surface area (Å²) in [7, 11) is 0. The zero-order chi connectivity index (χ0) is 17.4. The van der Waals surface area contributed by atoms with Gasteiger partial charge in [0, 0.05) is 24.3 Å². The van der Waals surface area contributed by atoms with E-state index >= 15 is 0 Å². The second-order valence-corrected chi connectivity index (χ2v) is 7.03. The van der Waals surface area contributed by atoms with E-state index in [9.17, 15) is 9.59 Å². The van der Waals surface area contributed by atoms with Crippen molar-refractivity contribution in [1.29, 1.82) is 0 Å². The van der Waals surface area contributed by atoms with Gasteiger partial charge in [0.25, 0.3) is 0 Å². The van der Waals surface area contributed by atoms with Crippen LogP contribution >= 0.6 is 0 Å². The number of rotatable bonds is 3. The molecule has 2 rings (SSSR count). The van der Waals surface area contributed by atoms with Crippen molar-refractivity contribution in [2.24, 2.45) is 0 Å². The molecule has 1 amide bonds. The third kappa shape index (κ3) is 4.03. The lowest BCUT2D eigenvalue weighted by Crippen LogP contribution is -2.35. The van der Waals surface area contributed by atoms with E-state index in [1.165, 1.54) is 0 Å². The minimum absolute atomic E-state index is 0.0276. The summed E-state index contributed by atoms with van der Waals surface area (Å²) < 4.78 is 7.26. The summed E-state index contributed by atoms with van der Waals surface area (Å²) in [6, 6.07) is 0.0590. The summed E-state index contributed by atoms with van der Waals surface area (Å²) in [6.07, 6.45) is 0.445. The zero-order valence-corrected chi connectivity index (χ0v) is 14.4. The van der Waals surface area contributed by atoms with Gasteiger partial charge in [-0.25, -0.2) is 4.79 Å². The summed E-state index contributed by atoms with van der Waals surface area (Å²) >= 11 is 0. The second kappa shape index (κ2) is 6.22. The van der Waals surface area contributed by atoms with Gasteiger partial charge in [0.2, 0.25) is 0 Å². The van der Waals surface area contributed by atoms with Gasteiger partial charge in [-0.2, -0.15) is 5.10 Å². The summed E-state index contributed by atoms with van der Waals surface area (Å²) in [4.78, 5) is 24.8. The molecular weight excluding hydrogens is 298 g/mol. The molecule has 2 heterocycles. The fourth-order valence-corrected chi connectivity index (χ4v) is 2.89. The van der Waals surface area contributed by atoms with Crippen LogP contribution in [0.4, 0.5) is 4.79 Å². The SMILES string of the molecule is Cc1nn(C2CCN(C(=O)OC(C)(C)C)C2)c(C)c1CC(=O)O. The summed E-state index contributed by atoms with van der Waals surface area (Å²) in [5.74, 6) is -0.863. The standard InChI is InChI=1S/C16H25N3O4/c1-10-13(8-14(20)21)11(2)19(17-10)12-6-7-18(9-12)15(22)23-16(3,4)5/h12H,6-9H2,1-5H3,(H,20,21). The number of likely N-dealkylation sites (tertiary alicyclic amines) is 1. The molecule has 0 aromatic carbocycles. The topological polar surface area (TPSA) is 84.7 Å². The van der Waals surface area contributed by atoms with E-state index in [1.54, 1.807) is 4.90 Å². The highest BCUT2D eigenvalue weighted by molar-refractivity contribution is 5.71. The molecule has 0 saturated carbocycles. The first-order valence-electron chi connectivity index (χ1n) is 7.83. The largest absolute Gasteiger partial charge is 0.481 e. The molecule has 7 heteroatoms. The molecule has 1 aliphatic rings. The number of hydrogen-bond donors (Lipinski definition) is 1. The van der Waals surface area contributed by atoms with Gasteiger partial charge in [0.1, 0.15) is 5.60 Å². The Morgan fingerprint density at radius 1 is 1.35 bits per heavy atom. The Morgan fingerprint density at radius 3 is 2.57 bits per heavy atom. The Labute approximate surface area is 136 Å². The van der Waals surface area contributed by atoms with Crippen LogP contribution in [0.15, 0.2) is 0 Å². The van der Waals surface area contributed by atoms with Crippen molar-refractivity contribution in [3.63, 3.8) is 0 Å². The van der Waals surface area contributed by atoms with E-state index in [1.807, 2.05) is 39.3 Å². The molecule has 1 N–H and O–H groups in total. The fraction of sp³-hybridized carbons (Fsp3) is 0.688. The normalized spacial score (nSPS) is 18.3. The number of carbonyl (C=O) groups is 2. The molecule has 0 spiro atoms. The maximum Gasteiger partial charge on any atom is 0.410 e. The molecular formula is C16H25N3O4. The highest BCUT2D eigenvalue weighted by atomic mass is 16.6. The lowest BCUT2D eigenvalue weighted by molar-refractivity contribution is -0.136. The number of amides is 1. The first-order valence-corrected chi connectivity index (χ1v) is 7.83. The van der Waals surface area contributed by atoms with Gasteiger partial charge in [0.15, 0.2) is 0 Å². The van der Waals surface area contributed by atoms with Crippen molar-refractivity contribution in [1.82, 2.24) is 14.7 Å². The molecule has 1 atom stereocenters. The molecule has 0 radical (unpaired) electrons. The fourth-order valence-electron chi connectivity index (χ4n) is 2.89. The van der Waals surface area contributed by atoms with Crippen molar-refractivity contribution in [3.8, 4) is 0 Å². The zero-order valence-electron chi connectivity index (χ0n) is 14.4. The van der Waals surface area contributed by atoms with Crippen LogP contribution in [-0.2, 0) is 16.0 Å². The highest BCUT2D eigenvalue weighted by Crippen LogP contribution is 2.26. The molecule has 7 nitrogen and oxygen atoms in total. The first kappa shape index (κ1) is 17.3. The number of aromatic nitrogens is 2. The molecule has 1 aromatic rings. The molecule has 0 aliphatic carbocycles. The van der Waals surface area contributed by atoms with Crippen LogP contribution in [0.2, 0.25) is 0 Å². The number of carbonyl (C=O) groups excluding carboxylic acids is 1. The van der Waals surface area contributed by atoms with E-state index in [2.05, 4.69) is 5.10 Å². The van der Waals surface area contributed by atoms with Crippen molar-refractivity contribution < 1.29 is 19.4 Å². The van der Waals surface area contributed by atoms with Crippen LogP contribution in [0.25, 0.3) is 0 Å². The Balaban J connectivity index is 2.10. The lowest BCUT2D eigenvalue weighted by atomic mass is 10.1. The second-order valence-electron chi connectivity index (χ2n) is 7.03. The molecule has 1 aromatic heterocycles. The van der Waals surface area contributed by atoms with Crippen LogP contribution in [0.1, 0.15) is 50.2 Å². The van der Waals surface area contributed by atoms with Crippen LogP contribution in [0, 0.1) is 13.8 Å². The van der Waals surface area contributed by atoms with E-state index in [0.29, 0.717) is 13.1 Å². The number of nitrogens with zero attached hydrogens (tertiary/aromatic N) is 3. The summed E-state index contributed by atoms with van der Waals surface area (Å²) in [5.41, 5.74) is 1.84. The number of carboxylic acids is 1. The van der Waals surface area contributed by atoms with Crippen LogP contribution in [0.5, 0.6) is 0 Å². The third-order valence-electron chi connectivity index (χ3n) is 3.96. The summed E-state index contributed by atoms with van der Waals surface area (Å²) in [5, 5.41) is 13.5. The summed E-state index contributed by atoms with van der Waals surface area (Å²) in [6.45, 7) is 10.4. The maximum atomic E-state index is 12.1. The van der Waals surface area contributed by atoms with Crippen molar-refractivity contribution >= 4 is 12.1 Å². The van der Waals surface area contributed by atoms with Gasteiger partial charge < -0.3 is 14.7 Å². The monoisotopic (exact) mass is 323 g/mol. The van der Waals surface area contributed by atoms with Gasteiger partial charge in [-0.1, -0.05) is 0 Å². The van der Waals surface area contributed by atoms with E-state index in [-0.39, 0.29) is 18.6 Å². The number of carboxylic acid groups (broad SMARTS) is 1. The Bertz CT molecular complexity index is 616.